The first-order chi connectivity index (χ1) is 18.2. The summed E-state index contributed by atoms with van der Waals surface area (Å²) >= 11 is 0. The Hall–Kier alpha value is -3.55. The summed E-state index contributed by atoms with van der Waals surface area (Å²) in [5, 5.41) is 17.4. The molecule has 0 aliphatic heterocycles. The summed E-state index contributed by atoms with van der Waals surface area (Å²) in [7, 11) is 0. The van der Waals surface area contributed by atoms with Gasteiger partial charge in [-0.1, -0.05) is 83.0 Å². The van der Waals surface area contributed by atoms with Gasteiger partial charge < -0.3 is 25.8 Å². The van der Waals surface area contributed by atoms with Crippen molar-refractivity contribution >= 4 is 17.9 Å². The molecule has 0 fully saturated rings. The fourth-order valence-corrected chi connectivity index (χ4v) is 4.20. The maximum atomic E-state index is 13.2. The number of benzene rings is 2. The van der Waals surface area contributed by atoms with E-state index in [1.165, 1.54) is 0 Å². The molecular weight excluding hydrogens is 482 g/mol. The predicted octanol–water partition coefficient (Wildman–Crippen LogP) is 5.26. The molecule has 38 heavy (non-hydrogen) atoms. The molecule has 0 spiro atoms. The molecule has 1 unspecified atom stereocenters. The highest BCUT2D eigenvalue weighted by Crippen LogP contribution is 2.22. The molecule has 8 heteroatoms. The minimum Gasteiger partial charge on any atom is -0.493 e. The number of carboxylic acid groups (broad SMARTS) is 1. The van der Waals surface area contributed by atoms with Gasteiger partial charge in [0.2, 0.25) is 11.8 Å². The van der Waals surface area contributed by atoms with Crippen molar-refractivity contribution in [3.63, 3.8) is 0 Å². The van der Waals surface area contributed by atoms with Gasteiger partial charge in [-0.05, 0) is 48.4 Å². The fourth-order valence-electron chi connectivity index (χ4n) is 4.20. The molecule has 208 valence electrons. The lowest BCUT2D eigenvalue weighted by atomic mass is 9.97. The number of rotatable bonds is 15. The first-order valence-corrected chi connectivity index (χ1v) is 13.5. The Kier molecular flexibility index (Phi) is 12.6. The average Bonchev–Trinajstić information content (AvgIpc) is 2.92. The normalized spacial score (nSPS) is 14.9. The summed E-state index contributed by atoms with van der Waals surface area (Å²) in [6, 6.07) is 15.6. The van der Waals surface area contributed by atoms with Crippen LogP contribution in [-0.4, -0.2) is 42.2 Å². The number of hydrogen-bond donors (Lipinski definition) is 4. The molecule has 8 nitrogen and oxygen atoms in total. The van der Waals surface area contributed by atoms with Crippen LogP contribution < -0.4 is 20.7 Å². The lowest BCUT2D eigenvalue weighted by molar-refractivity contribution is -0.125. The molecule has 2 aromatic rings. The number of carbonyl (C=O) groups is 3. The Morgan fingerprint density at radius 2 is 1.53 bits per heavy atom. The molecule has 0 radical (unpaired) electrons. The van der Waals surface area contributed by atoms with E-state index in [0.717, 1.165) is 29.7 Å². The highest BCUT2D eigenvalue weighted by Gasteiger charge is 2.27. The van der Waals surface area contributed by atoms with Gasteiger partial charge in [0.1, 0.15) is 11.8 Å². The zero-order valence-electron chi connectivity index (χ0n) is 23.2. The van der Waals surface area contributed by atoms with Crippen LogP contribution >= 0.6 is 0 Å². The first kappa shape index (κ1) is 30.7. The summed E-state index contributed by atoms with van der Waals surface area (Å²) in [5.41, 5.74) is 1.69. The fraction of sp³-hybridized carbons (Fsp3) is 0.500. The van der Waals surface area contributed by atoms with Crippen molar-refractivity contribution in [1.82, 2.24) is 16.0 Å². The number of amides is 3. The number of nitrogens with one attached hydrogen (secondary N) is 3. The summed E-state index contributed by atoms with van der Waals surface area (Å²) in [6.45, 7) is 10.6. The van der Waals surface area contributed by atoms with Crippen molar-refractivity contribution in [2.45, 2.75) is 71.9 Å². The summed E-state index contributed by atoms with van der Waals surface area (Å²) in [5.74, 6) is 0.0147. The second-order valence-corrected chi connectivity index (χ2v) is 10.0. The Morgan fingerprint density at radius 3 is 2.11 bits per heavy atom. The SMILES string of the molecule is CCCC(C)COc1ccc([C@H](CNC(=O)[C@@H](NC(=O)O)[C@@H](C)CC)NC(=O)[C@@H](C)c2ccccc2)cc1. The molecule has 0 heterocycles. The zero-order chi connectivity index (χ0) is 28.1. The third kappa shape index (κ3) is 9.72. The molecule has 2 rings (SSSR count). The van der Waals surface area contributed by atoms with Crippen molar-refractivity contribution in [3.05, 3.63) is 65.7 Å². The molecule has 0 aliphatic rings. The molecule has 0 saturated carbocycles. The van der Waals surface area contributed by atoms with Gasteiger partial charge in [-0.2, -0.15) is 0 Å². The van der Waals surface area contributed by atoms with Crippen molar-refractivity contribution in [3.8, 4) is 5.75 Å². The van der Waals surface area contributed by atoms with E-state index < -0.39 is 30.0 Å². The van der Waals surface area contributed by atoms with Crippen LogP contribution in [0.15, 0.2) is 54.6 Å². The third-order valence-electron chi connectivity index (χ3n) is 6.86. The van der Waals surface area contributed by atoms with Crippen LogP contribution in [0.2, 0.25) is 0 Å². The van der Waals surface area contributed by atoms with Gasteiger partial charge in [0, 0.05) is 6.54 Å². The zero-order valence-corrected chi connectivity index (χ0v) is 23.2. The van der Waals surface area contributed by atoms with E-state index in [0.29, 0.717) is 18.9 Å². The smallest absolute Gasteiger partial charge is 0.405 e. The van der Waals surface area contributed by atoms with Gasteiger partial charge in [0.25, 0.3) is 0 Å². The second-order valence-electron chi connectivity index (χ2n) is 10.0. The molecule has 4 N–H and O–H groups in total. The van der Waals surface area contributed by atoms with Crippen LogP contribution in [0.3, 0.4) is 0 Å². The van der Waals surface area contributed by atoms with Crippen LogP contribution in [0.1, 0.15) is 77.0 Å². The number of hydrogen-bond acceptors (Lipinski definition) is 4. The van der Waals surface area contributed by atoms with E-state index in [2.05, 4.69) is 29.8 Å². The van der Waals surface area contributed by atoms with Crippen LogP contribution in [0.5, 0.6) is 5.75 Å². The maximum absolute atomic E-state index is 13.2. The van der Waals surface area contributed by atoms with Gasteiger partial charge in [-0.25, -0.2) is 4.79 Å². The summed E-state index contributed by atoms with van der Waals surface area (Å²) < 4.78 is 5.92. The topological polar surface area (TPSA) is 117 Å². The second kappa shape index (κ2) is 15.6. The average molecular weight is 526 g/mol. The Morgan fingerprint density at radius 1 is 0.868 bits per heavy atom. The summed E-state index contributed by atoms with van der Waals surface area (Å²) in [6.07, 6.45) is 1.58. The molecule has 0 bridgehead atoms. The maximum Gasteiger partial charge on any atom is 0.405 e. The molecule has 2 aromatic carbocycles. The molecule has 0 saturated heterocycles. The number of carbonyl (C=O) groups excluding carboxylic acids is 2. The van der Waals surface area contributed by atoms with Gasteiger partial charge in [-0.15, -0.1) is 0 Å². The van der Waals surface area contributed by atoms with Crippen LogP contribution in [-0.2, 0) is 9.59 Å². The predicted molar refractivity (Wildman–Crippen MR) is 149 cm³/mol. The van der Waals surface area contributed by atoms with Crippen molar-refractivity contribution in [2.75, 3.05) is 13.2 Å². The Balaban J connectivity index is 2.19. The Labute approximate surface area is 226 Å². The minimum absolute atomic E-state index is 0.105. The van der Waals surface area contributed by atoms with Crippen molar-refractivity contribution in [2.24, 2.45) is 11.8 Å². The first-order valence-electron chi connectivity index (χ1n) is 13.5. The summed E-state index contributed by atoms with van der Waals surface area (Å²) in [4.78, 5) is 37.4. The highest BCUT2D eigenvalue weighted by molar-refractivity contribution is 5.86. The largest absolute Gasteiger partial charge is 0.493 e. The molecule has 3 amide bonds. The van der Waals surface area contributed by atoms with Gasteiger partial charge >= 0.3 is 6.09 Å². The molecule has 0 aromatic heterocycles. The highest BCUT2D eigenvalue weighted by atomic mass is 16.5. The van der Waals surface area contributed by atoms with Gasteiger partial charge in [0.05, 0.1) is 18.6 Å². The van der Waals surface area contributed by atoms with E-state index in [4.69, 9.17) is 4.74 Å². The lowest BCUT2D eigenvalue weighted by Gasteiger charge is -2.26. The van der Waals surface area contributed by atoms with Crippen LogP contribution in [0.25, 0.3) is 0 Å². The standard InChI is InChI=1S/C30H43N3O5/c1-6-11-20(3)19-38-25-16-14-24(15-17-25)26(32-28(34)22(5)23-12-9-8-10-13-23)18-31-29(35)27(21(4)7-2)33-30(36)37/h8-10,12-17,20-22,26-27,33H,6-7,11,18-19H2,1-5H3,(H,31,35)(H,32,34)(H,36,37)/t20?,21-,22-,26-,27-/m0/s1. The lowest BCUT2D eigenvalue weighted by Crippen LogP contribution is -2.51. The van der Waals surface area contributed by atoms with Gasteiger partial charge in [0.15, 0.2) is 0 Å². The van der Waals surface area contributed by atoms with Crippen LogP contribution in [0.4, 0.5) is 4.79 Å². The molecule has 5 atom stereocenters. The van der Waals surface area contributed by atoms with E-state index in [1.54, 1.807) is 0 Å². The third-order valence-corrected chi connectivity index (χ3v) is 6.86. The van der Waals surface area contributed by atoms with E-state index in [9.17, 15) is 19.5 Å². The molecule has 0 aliphatic carbocycles. The van der Waals surface area contributed by atoms with E-state index in [-0.39, 0.29) is 18.4 Å². The van der Waals surface area contributed by atoms with Crippen molar-refractivity contribution in [1.29, 1.82) is 0 Å². The Bertz CT molecular complexity index is 1010. The number of ether oxygens (including phenoxy) is 1. The monoisotopic (exact) mass is 525 g/mol. The van der Waals surface area contributed by atoms with E-state index >= 15 is 0 Å². The quantitative estimate of drug-likeness (QED) is 0.253. The van der Waals surface area contributed by atoms with E-state index in [1.807, 2.05) is 75.4 Å². The van der Waals surface area contributed by atoms with Crippen molar-refractivity contribution < 1.29 is 24.2 Å². The van der Waals surface area contributed by atoms with Gasteiger partial charge in [-0.3, -0.25) is 9.59 Å². The van der Waals surface area contributed by atoms with Crippen LogP contribution in [0, 0.1) is 11.8 Å². The molecular formula is C30H43N3O5. The minimum atomic E-state index is -1.25.